The highest BCUT2D eigenvalue weighted by atomic mass is 32.1. The van der Waals surface area contributed by atoms with E-state index in [4.69, 9.17) is 21.4 Å². The van der Waals surface area contributed by atoms with Crippen molar-refractivity contribution >= 4 is 44.9 Å². The lowest BCUT2D eigenvalue weighted by atomic mass is 9.81. The molecule has 0 radical (unpaired) electrons. The molecule has 0 aliphatic carbocycles. The molecule has 14 heteroatoms. The molecule has 3 aromatic carbocycles. The first-order chi connectivity index (χ1) is 18.8. The number of rotatable bonds is 7. The van der Waals surface area contributed by atoms with E-state index in [-0.39, 0.29) is 33.2 Å². The predicted molar refractivity (Wildman–Crippen MR) is 140 cm³/mol. The second-order valence-corrected chi connectivity index (χ2v) is 9.36. The van der Waals surface area contributed by atoms with Crippen LogP contribution in [0, 0.1) is 17.0 Å². The van der Waals surface area contributed by atoms with E-state index in [9.17, 15) is 32.9 Å². The summed E-state index contributed by atoms with van der Waals surface area (Å²) in [6.45, 7) is 1.84. The highest BCUT2D eigenvalue weighted by Crippen LogP contribution is 2.38. The number of carbonyl (C=O) groups is 3. The number of nitro benzene ring substituents is 1. The molecule has 4 rings (SSSR count). The number of Topliss-reactive ketones (excluding diaryl/α,β-unsaturated/α-hetero) is 1. The van der Waals surface area contributed by atoms with Crippen LogP contribution in [0.5, 0.6) is 0 Å². The molecular formula is C26H21F3N4O6S. The fourth-order valence-corrected chi connectivity index (χ4v) is 4.83. The molecule has 4 aromatic rings. The number of carboxylic acids is 1. The van der Waals surface area contributed by atoms with E-state index in [1.54, 1.807) is 30.3 Å². The van der Waals surface area contributed by atoms with Crippen molar-refractivity contribution in [3.05, 3.63) is 104 Å². The smallest absolute Gasteiger partial charge is 0.475 e. The molecule has 0 saturated carbocycles. The molecule has 0 saturated heterocycles. The Balaban J connectivity index is 0.000000559. The van der Waals surface area contributed by atoms with Gasteiger partial charge in [-0.15, -0.1) is 11.3 Å². The summed E-state index contributed by atoms with van der Waals surface area (Å²) in [5.74, 6) is -4.92. The molecule has 1 unspecified atom stereocenters. The predicted octanol–water partition coefficient (Wildman–Crippen LogP) is 4.72. The molecule has 0 fully saturated rings. The van der Waals surface area contributed by atoms with Crippen LogP contribution in [-0.2, 0) is 11.3 Å². The molecule has 1 aromatic heterocycles. The number of ketones is 1. The van der Waals surface area contributed by atoms with Gasteiger partial charge in [-0.2, -0.15) is 13.2 Å². The summed E-state index contributed by atoms with van der Waals surface area (Å²) in [4.78, 5) is 50.7. The highest BCUT2D eigenvalue weighted by molar-refractivity contribution is 7.20. The molecule has 1 atom stereocenters. The zero-order valence-corrected chi connectivity index (χ0v) is 21.5. The highest BCUT2D eigenvalue weighted by Gasteiger charge is 2.38. The summed E-state index contributed by atoms with van der Waals surface area (Å²) in [5, 5.41) is 19.0. The van der Waals surface area contributed by atoms with E-state index in [0.29, 0.717) is 17.6 Å². The van der Waals surface area contributed by atoms with E-state index >= 15 is 0 Å². The van der Waals surface area contributed by atoms with Crippen LogP contribution in [0.4, 0.5) is 18.9 Å². The van der Waals surface area contributed by atoms with Crippen LogP contribution < -0.4 is 11.5 Å². The van der Waals surface area contributed by atoms with Crippen molar-refractivity contribution in [1.82, 2.24) is 4.98 Å². The molecule has 0 aliphatic rings. The molecule has 0 bridgehead atoms. The number of fused-ring (bicyclic) bond motifs is 1. The van der Waals surface area contributed by atoms with Crippen LogP contribution >= 0.6 is 11.3 Å². The van der Waals surface area contributed by atoms with Gasteiger partial charge in [-0.1, -0.05) is 36.4 Å². The number of hydrogen-bond donors (Lipinski definition) is 3. The number of primary amides is 1. The molecule has 5 N–H and O–H groups in total. The Morgan fingerprint density at radius 3 is 2.17 bits per heavy atom. The quantitative estimate of drug-likeness (QED) is 0.161. The van der Waals surface area contributed by atoms with Crippen LogP contribution in [0.1, 0.15) is 48.3 Å². The number of alkyl halides is 3. The number of benzene rings is 3. The lowest BCUT2D eigenvalue weighted by Crippen LogP contribution is -2.22. The molecule has 0 spiro atoms. The molecule has 1 amide bonds. The SMILES string of the molecule is Cc1c([N+](=O)[O-])ccc(C(N)=O)c1C(C(=O)c1nc2ccccc2s1)c1ccc(CN)cc1.O=C(O)C(F)(F)F. The number of thiazole rings is 1. The summed E-state index contributed by atoms with van der Waals surface area (Å²) in [6.07, 6.45) is -5.08. The summed E-state index contributed by atoms with van der Waals surface area (Å²) in [5.41, 5.74) is 13.7. The van der Waals surface area contributed by atoms with E-state index in [0.717, 1.165) is 10.3 Å². The maximum Gasteiger partial charge on any atom is 0.490 e. The van der Waals surface area contributed by atoms with Gasteiger partial charge in [0.25, 0.3) is 5.69 Å². The summed E-state index contributed by atoms with van der Waals surface area (Å²) in [7, 11) is 0. The van der Waals surface area contributed by atoms with E-state index in [2.05, 4.69) is 4.98 Å². The zero-order valence-electron chi connectivity index (χ0n) is 20.6. The number of nitrogens with zero attached hydrogens (tertiary/aromatic N) is 2. The number of carboxylic acid groups (broad SMARTS) is 1. The van der Waals surface area contributed by atoms with Crippen LogP contribution in [0.2, 0.25) is 0 Å². The van der Waals surface area contributed by atoms with Gasteiger partial charge in [0.15, 0.2) is 5.01 Å². The topological polar surface area (TPSA) is 180 Å². The second-order valence-electron chi connectivity index (χ2n) is 8.32. The Labute approximate surface area is 228 Å². The number of carbonyl (C=O) groups excluding carboxylic acids is 2. The van der Waals surface area contributed by atoms with Crippen LogP contribution in [0.25, 0.3) is 10.2 Å². The number of aromatic nitrogens is 1. The van der Waals surface area contributed by atoms with Crippen molar-refractivity contribution in [2.24, 2.45) is 11.5 Å². The number of aliphatic carboxylic acids is 1. The van der Waals surface area contributed by atoms with Crippen molar-refractivity contribution in [3.63, 3.8) is 0 Å². The monoisotopic (exact) mass is 574 g/mol. The van der Waals surface area contributed by atoms with Crippen molar-refractivity contribution < 1.29 is 37.6 Å². The van der Waals surface area contributed by atoms with Crippen LogP contribution in [0.15, 0.2) is 60.7 Å². The first-order valence-corrected chi connectivity index (χ1v) is 12.1. The summed E-state index contributed by atoms with van der Waals surface area (Å²) in [6, 6.07) is 16.9. The lowest BCUT2D eigenvalue weighted by Gasteiger charge is -2.21. The number of amides is 1. The normalized spacial score (nSPS) is 11.8. The van der Waals surface area contributed by atoms with Crippen LogP contribution in [-0.4, -0.2) is 38.8 Å². The Kier molecular flexibility index (Phi) is 8.96. The summed E-state index contributed by atoms with van der Waals surface area (Å²) < 4.78 is 32.6. The molecule has 1 heterocycles. The van der Waals surface area contributed by atoms with Gasteiger partial charge < -0.3 is 16.6 Å². The van der Waals surface area contributed by atoms with E-state index in [1.165, 1.54) is 30.4 Å². The minimum absolute atomic E-state index is 0.0560. The van der Waals surface area contributed by atoms with E-state index < -0.39 is 28.9 Å². The first kappa shape index (κ1) is 29.9. The van der Waals surface area contributed by atoms with Gasteiger partial charge in [0.05, 0.1) is 21.1 Å². The van der Waals surface area contributed by atoms with E-state index in [1.807, 2.05) is 18.2 Å². The summed E-state index contributed by atoms with van der Waals surface area (Å²) >= 11 is 1.23. The fraction of sp³-hybridized carbons (Fsp3) is 0.154. The van der Waals surface area contributed by atoms with Gasteiger partial charge in [-0.3, -0.25) is 19.7 Å². The van der Waals surface area contributed by atoms with Gasteiger partial charge in [0.2, 0.25) is 11.7 Å². The van der Waals surface area contributed by atoms with Gasteiger partial charge in [-0.05, 0) is 41.8 Å². The van der Waals surface area contributed by atoms with Crippen molar-refractivity contribution in [1.29, 1.82) is 0 Å². The molecule has 208 valence electrons. The lowest BCUT2D eigenvalue weighted by molar-refractivity contribution is -0.385. The molecular weight excluding hydrogens is 553 g/mol. The molecule has 10 nitrogen and oxygen atoms in total. The van der Waals surface area contributed by atoms with Crippen molar-refractivity contribution in [2.45, 2.75) is 25.6 Å². The Bertz CT molecular complexity index is 1570. The third-order valence-corrected chi connectivity index (χ3v) is 6.85. The first-order valence-electron chi connectivity index (χ1n) is 11.3. The molecule has 0 aliphatic heterocycles. The number of para-hydroxylation sites is 1. The average molecular weight is 575 g/mol. The van der Waals surface area contributed by atoms with Gasteiger partial charge in [0.1, 0.15) is 0 Å². The van der Waals surface area contributed by atoms with Crippen LogP contribution in [0.3, 0.4) is 0 Å². The third kappa shape index (κ3) is 6.47. The maximum absolute atomic E-state index is 13.9. The maximum atomic E-state index is 13.9. The minimum Gasteiger partial charge on any atom is -0.475 e. The van der Waals surface area contributed by atoms with Crippen molar-refractivity contribution in [2.75, 3.05) is 0 Å². The molecule has 40 heavy (non-hydrogen) atoms. The third-order valence-electron chi connectivity index (χ3n) is 5.80. The Hall–Kier alpha value is -4.69. The Morgan fingerprint density at radius 2 is 1.68 bits per heavy atom. The average Bonchev–Trinajstić information content (AvgIpc) is 3.34. The van der Waals surface area contributed by atoms with Crippen molar-refractivity contribution in [3.8, 4) is 0 Å². The Morgan fingerprint density at radius 1 is 1.07 bits per heavy atom. The number of nitrogens with two attached hydrogens (primary N) is 2. The zero-order chi connectivity index (χ0) is 29.8. The second kappa shape index (κ2) is 12.0. The number of halogens is 3. The fourth-order valence-electron chi connectivity index (χ4n) is 3.90. The van der Waals surface area contributed by atoms with Gasteiger partial charge in [0, 0.05) is 23.7 Å². The van der Waals surface area contributed by atoms with Gasteiger partial charge in [-0.25, -0.2) is 9.78 Å². The number of hydrogen-bond acceptors (Lipinski definition) is 8. The largest absolute Gasteiger partial charge is 0.490 e. The minimum atomic E-state index is -5.08. The number of nitro groups is 1. The standard InChI is InChI=1S/C24H20N4O4S.C2HF3O2/c1-13-18(28(31)32)11-10-16(23(26)30)20(13)21(15-8-6-14(12-25)7-9-15)22(29)24-27-17-4-2-3-5-19(17)33-24;3-2(4,5)1(6)7/h2-11,21H,12,25H2,1H3,(H2,26,30);(H,6,7). The van der Waals surface area contributed by atoms with Gasteiger partial charge >= 0.3 is 12.1 Å².